The summed E-state index contributed by atoms with van der Waals surface area (Å²) in [6.45, 7) is 1.50. The van der Waals surface area contributed by atoms with Gasteiger partial charge in [0, 0.05) is 0 Å². The quantitative estimate of drug-likeness (QED) is 0.425. The predicted molar refractivity (Wildman–Crippen MR) is 45.4 cm³/mol. The van der Waals surface area contributed by atoms with Crippen molar-refractivity contribution in [2.24, 2.45) is 5.16 Å². The molecule has 0 aromatic heterocycles. The van der Waals surface area contributed by atoms with Crippen molar-refractivity contribution < 1.29 is 18.4 Å². The van der Waals surface area contributed by atoms with Gasteiger partial charge in [0.05, 0.1) is 11.3 Å². The Hall–Kier alpha value is -1.52. The lowest BCUT2D eigenvalue weighted by Gasteiger charge is -2.06. The third-order valence-corrected chi connectivity index (χ3v) is 1.78. The van der Waals surface area contributed by atoms with Crippen molar-refractivity contribution in [1.82, 2.24) is 0 Å². The molecule has 1 rings (SSSR count). The maximum absolute atomic E-state index is 12.1. The molecule has 0 spiro atoms. The topological polar surface area (TPSA) is 32.6 Å². The smallest absolute Gasteiger partial charge is 0.411 e. The zero-order valence-electron chi connectivity index (χ0n) is 7.34. The molecule has 0 aliphatic heterocycles. The van der Waals surface area contributed by atoms with Crippen LogP contribution in [0.4, 0.5) is 13.2 Å². The zero-order chi connectivity index (χ0) is 10.8. The van der Waals surface area contributed by atoms with E-state index in [0.717, 1.165) is 12.1 Å². The Morgan fingerprint density at radius 2 is 1.71 bits per heavy atom. The molecule has 14 heavy (non-hydrogen) atoms. The first kappa shape index (κ1) is 10.6. The van der Waals surface area contributed by atoms with Gasteiger partial charge in [0.2, 0.25) is 0 Å². The molecule has 0 saturated heterocycles. The summed E-state index contributed by atoms with van der Waals surface area (Å²) in [5.41, 5.74) is 0.0196. The van der Waals surface area contributed by atoms with E-state index >= 15 is 0 Å². The van der Waals surface area contributed by atoms with Crippen LogP contribution in [0.5, 0.6) is 0 Å². The summed E-state index contributed by atoms with van der Waals surface area (Å²) in [6.07, 6.45) is -4.33. The van der Waals surface area contributed by atoms with E-state index in [0.29, 0.717) is 5.56 Å². The first-order chi connectivity index (χ1) is 6.45. The van der Waals surface area contributed by atoms with E-state index in [2.05, 4.69) is 5.16 Å². The molecule has 0 aliphatic rings. The van der Waals surface area contributed by atoms with Gasteiger partial charge in [0.1, 0.15) is 0 Å². The van der Waals surface area contributed by atoms with E-state index in [4.69, 9.17) is 5.21 Å². The van der Waals surface area contributed by atoms with Crippen LogP contribution in [-0.2, 0) is 6.18 Å². The number of hydrogen-bond acceptors (Lipinski definition) is 2. The van der Waals surface area contributed by atoms with Crippen LogP contribution in [-0.4, -0.2) is 10.9 Å². The van der Waals surface area contributed by atoms with Gasteiger partial charge in [-0.15, -0.1) is 0 Å². The largest absolute Gasteiger partial charge is 0.416 e. The molecule has 76 valence electrons. The molecule has 0 fully saturated rings. The SMILES string of the molecule is C/C(=N/O)c1ccc(C(F)(F)F)cc1. The minimum absolute atomic E-state index is 0.277. The molecule has 0 saturated carbocycles. The van der Waals surface area contributed by atoms with Crippen LogP contribution < -0.4 is 0 Å². The molecular weight excluding hydrogens is 195 g/mol. The molecule has 1 N–H and O–H groups in total. The standard InChI is InChI=1S/C9H8F3NO/c1-6(13-14)7-2-4-8(5-3-7)9(10,11)12/h2-5,14H,1H3/b13-6-. The van der Waals surface area contributed by atoms with E-state index in [-0.39, 0.29) is 5.71 Å². The second-order valence-electron chi connectivity index (χ2n) is 2.76. The van der Waals surface area contributed by atoms with E-state index in [1.165, 1.54) is 19.1 Å². The maximum Gasteiger partial charge on any atom is 0.416 e. The van der Waals surface area contributed by atoms with Crippen molar-refractivity contribution in [2.75, 3.05) is 0 Å². The molecule has 0 heterocycles. The van der Waals surface area contributed by atoms with Gasteiger partial charge < -0.3 is 5.21 Å². The summed E-state index contributed by atoms with van der Waals surface area (Å²) >= 11 is 0. The minimum atomic E-state index is -4.33. The van der Waals surface area contributed by atoms with E-state index < -0.39 is 11.7 Å². The number of oxime groups is 1. The fourth-order valence-electron chi connectivity index (χ4n) is 0.958. The third kappa shape index (κ3) is 2.25. The van der Waals surface area contributed by atoms with Crippen LogP contribution in [0.3, 0.4) is 0 Å². The van der Waals surface area contributed by atoms with Crippen molar-refractivity contribution in [1.29, 1.82) is 0 Å². The summed E-state index contributed by atoms with van der Waals surface area (Å²) in [5, 5.41) is 11.3. The number of alkyl halides is 3. The van der Waals surface area contributed by atoms with Gasteiger partial charge in [0.25, 0.3) is 0 Å². The lowest BCUT2D eigenvalue weighted by Crippen LogP contribution is -2.05. The molecule has 1 aromatic rings. The van der Waals surface area contributed by atoms with Crippen molar-refractivity contribution in [3.63, 3.8) is 0 Å². The molecule has 1 aromatic carbocycles. The monoisotopic (exact) mass is 203 g/mol. The fourth-order valence-corrected chi connectivity index (χ4v) is 0.958. The van der Waals surface area contributed by atoms with Gasteiger partial charge in [-0.2, -0.15) is 13.2 Å². The van der Waals surface area contributed by atoms with E-state index in [9.17, 15) is 13.2 Å². The molecule has 0 bridgehead atoms. The lowest BCUT2D eigenvalue weighted by molar-refractivity contribution is -0.137. The molecule has 0 amide bonds. The number of hydrogen-bond donors (Lipinski definition) is 1. The zero-order valence-corrected chi connectivity index (χ0v) is 7.34. The Kier molecular flexibility index (Phi) is 2.78. The van der Waals surface area contributed by atoms with Gasteiger partial charge in [-0.05, 0) is 24.6 Å². The van der Waals surface area contributed by atoms with E-state index in [1.807, 2.05) is 0 Å². The first-order valence-corrected chi connectivity index (χ1v) is 3.81. The molecule has 5 heteroatoms. The van der Waals surface area contributed by atoms with Crippen LogP contribution in [0.25, 0.3) is 0 Å². The Balaban J connectivity index is 3.01. The second kappa shape index (κ2) is 3.69. The first-order valence-electron chi connectivity index (χ1n) is 3.81. The summed E-state index contributed by atoms with van der Waals surface area (Å²) in [7, 11) is 0. The summed E-state index contributed by atoms with van der Waals surface area (Å²) in [5.74, 6) is 0. The number of nitrogens with zero attached hydrogens (tertiary/aromatic N) is 1. The van der Waals surface area contributed by atoms with Gasteiger partial charge in [0.15, 0.2) is 0 Å². The summed E-state index contributed by atoms with van der Waals surface area (Å²) in [6, 6.07) is 4.42. The second-order valence-corrected chi connectivity index (χ2v) is 2.76. The highest BCUT2D eigenvalue weighted by molar-refractivity contribution is 5.98. The third-order valence-electron chi connectivity index (χ3n) is 1.78. The maximum atomic E-state index is 12.1. The number of halogens is 3. The van der Waals surface area contributed by atoms with Crippen LogP contribution >= 0.6 is 0 Å². The predicted octanol–water partition coefficient (Wildman–Crippen LogP) is 2.90. The average Bonchev–Trinajstić information content (AvgIpc) is 2.15. The van der Waals surface area contributed by atoms with Crippen LogP contribution in [0.1, 0.15) is 18.1 Å². The van der Waals surface area contributed by atoms with Gasteiger partial charge in [-0.1, -0.05) is 17.3 Å². The van der Waals surface area contributed by atoms with Gasteiger partial charge in [-0.25, -0.2) is 0 Å². The summed E-state index contributed by atoms with van der Waals surface area (Å²) in [4.78, 5) is 0. The lowest BCUT2D eigenvalue weighted by atomic mass is 10.1. The normalized spacial score (nSPS) is 13.0. The van der Waals surface area contributed by atoms with Crippen LogP contribution in [0.2, 0.25) is 0 Å². The van der Waals surface area contributed by atoms with Crippen LogP contribution in [0, 0.1) is 0 Å². The van der Waals surface area contributed by atoms with Gasteiger partial charge >= 0.3 is 6.18 Å². The average molecular weight is 203 g/mol. The Morgan fingerprint density at radius 3 is 2.07 bits per heavy atom. The molecule has 0 unspecified atom stereocenters. The number of rotatable bonds is 1. The Morgan fingerprint density at radius 1 is 1.21 bits per heavy atom. The Bertz CT molecular complexity index is 340. The molecule has 2 nitrogen and oxygen atoms in total. The number of benzene rings is 1. The van der Waals surface area contributed by atoms with Crippen molar-refractivity contribution in [3.8, 4) is 0 Å². The van der Waals surface area contributed by atoms with Crippen molar-refractivity contribution in [2.45, 2.75) is 13.1 Å². The minimum Gasteiger partial charge on any atom is -0.411 e. The van der Waals surface area contributed by atoms with Crippen LogP contribution in [0.15, 0.2) is 29.4 Å². The highest BCUT2D eigenvalue weighted by Crippen LogP contribution is 2.29. The highest BCUT2D eigenvalue weighted by Gasteiger charge is 2.29. The molecule has 0 radical (unpaired) electrons. The Labute approximate surface area is 78.7 Å². The summed E-state index contributed by atoms with van der Waals surface area (Å²) < 4.78 is 36.4. The highest BCUT2D eigenvalue weighted by atomic mass is 19.4. The van der Waals surface area contributed by atoms with Crippen molar-refractivity contribution in [3.05, 3.63) is 35.4 Å². The molecule has 0 aliphatic carbocycles. The van der Waals surface area contributed by atoms with E-state index in [1.54, 1.807) is 0 Å². The fraction of sp³-hybridized carbons (Fsp3) is 0.222. The molecule has 0 atom stereocenters. The van der Waals surface area contributed by atoms with Crippen molar-refractivity contribution >= 4 is 5.71 Å². The van der Waals surface area contributed by atoms with Gasteiger partial charge in [-0.3, -0.25) is 0 Å². The molecular formula is C9H8F3NO.